The van der Waals surface area contributed by atoms with Gasteiger partial charge in [0, 0.05) is 58.6 Å². The number of rotatable bonds is 5. The SMILES string of the molecule is CC(C)c1nc(S(=O)(=O)N2CCC(n3cc(N4CCN(C)C4=O)cn3)C2)cn1C. The van der Waals surface area contributed by atoms with E-state index in [4.69, 9.17) is 0 Å². The number of hydrogen-bond acceptors (Lipinski definition) is 5. The van der Waals surface area contributed by atoms with E-state index in [-0.39, 0.29) is 23.0 Å². The van der Waals surface area contributed by atoms with Crippen molar-refractivity contribution in [3.8, 4) is 0 Å². The number of imidazole rings is 1. The minimum atomic E-state index is -3.65. The Kier molecular flexibility index (Phi) is 4.89. The van der Waals surface area contributed by atoms with E-state index in [9.17, 15) is 13.2 Å². The molecular formula is C18H27N7O3S. The Balaban J connectivity index is 1.49. The zero-order valence-corrected chi connectivity index (χ0v) is 18.0. The monoisotopic (exact) mass is 421 g/mol. The zero-order valence-electron chi connectivity index (χ0n) is 17.2. The van der Waals surface area contributed by atoms with Crippen molar-refractivity contribution in [3.63, 3.8) is 0 Å². The van der Waals surface area contributed by atoms with Gasteiger partial charge in [-0.1, -0.05) is 13.8 Å². The summed E-state index contributed by atoms with van der Waals surface area (Å²) in [6.45, 7) is 6.05. The molecule has 0 N–H and O–H groups in total. The maximum Gasteiger partial charge on any atom is 0.324 e. The van der Waals surface area contributed by atoms with E-state index >= 15 is 0 Å². The quantitative estimate of drug-likeness (QED) is 0.724. The Bertz CT molecular complexity index is 1030. The van der Waals surface area contributed by atoms with Crippen LogP contribution in [0.1, 0.15) is 38.1 Å². The molecule has 2 aliphatic rings. The van der Waals surface area contributed by atoms with Crippen LogP contribution in [0.25, 0.3) is 0 Å². The molecule has 1 atom stereocenters. The van der Waals surface area contributed by atoms with Gasteiger partial charge in [-0.15, -0.1) is 0 Å². The van der Waals surface area contributed by atoms with Crippen molar-refractivity contribution in [2.24, 2.45) is 7.05 Å². The van der Waals surface area contributed by atoms with Crippen LogP contribution in [0.3, 0.4) is 0 Å². The standard InChI is InChI=1S/C18H27N7O3S/c1-13(2)17-20-16(12-22(17)4)29(27,28)23-6-5-14(10-23)25-11-15(9-19-25)24-8-7-21(3)18(24)26/h9,11-14H,5-8,10H2,1-4H3. The van der Waals surface area contributed by atoms with Gasteiger partial charge in [0.05, 0.1) is 17.9 Å². The van der Waals surface area contributed by atoms with E-state index in [1.54, 1.807) is 38.5 Å². The molecule has 2 aromatic rings. The van der Waals surface area contributed by atoms with Gasteiger partial charge in [0.2, 0.25) is 0 Å². The minimum absolute atomic E-state index is 0.0451. The second-order valence-electron chi connectivity index (χ2n) is 8.04. The van der Waals surface area contributed by atoms with E-state index < -0.39 is 10.0 Å². The summed E-state index contributed by atoms with van der Waals surface area (Å²) in [5, 5.41) is 4.49. The molecule has 2 aromatic heterocycles. The van der Waals surface area contributed by atoms with Gasteiger partial charge in [-0.25, -0.2) is 18.2 Å². The van der Waals surface area contributed by atoms with Crippen molar-refractivity contribution in [3.05, 3.63) is 24.4 Å². The molecule has 4 heterocycles. The smallest absolute Gasteiger partial charge is 0.324 e. The molecule has 10 nitrogen and oxygen atoms in total. The summed E-state index contributed by atoms with van der Waals surface area (Å²) in [5.74, 6) is 0.890. The molecule has 2 fully saturated rings. The van der Waals surface area contributed by atoms with Gasteiger partial charge < -0.3 is 9.47 Å². The first-order valence-corrected chi connectivity index (χ1v) is 11.2. The van der Waals surface area contributed by atoms with Crippen molar-refractivity contribution in [1.29, 1.82) is 0 Å². The molecule has 0 spiro atoms. The summed E-state index contributed by atoms with van der Waals surface area (Å²) in [4.78, 5) is 19.9. The van der Waals surface area contributed by atoms with Gasteiger partial charge in [-0.3, -0.25) is 9.58 Å². The maximum atomic E-state index is 13.1. The topological polar surface area (TPSA) is 96.6 Å². The molecule has 2 saturated heterocycles. The van der Waals surface area contributed by atoms with E-state index in [1.165, 1.54) is 4.31 Å². The number of aryl methyl sites for hydroxylation is 1. The molecule has 11 heteroatoms. The highest BCUT2D eigenvalue weighted by Crippen LogP contribution is 2.29. The summed E-state index contributed by atoms with van der Waals surface area (Å²) in [6.07, 6.45) is 5.74. The lowest BCUT2D eigenvalue weighted by Crippen LogP contribution is -2.30. The predicted molar refractivity (Wildman–Crippen MR) is 107 cm³/mol. The Morgan fingerprint density at radius 3 is 2.52 bits per heavy atom. The third-order valence-corrected chi connectivity index (χ3v) is 7.36. The molecule has 0 aliphatic carbocycles. The van der Waals surface area contributed by atoms with Gasteiger partial charge in [-0.2, -0.15) is 9.40 Å². The van der Waals surface area contributed by atoms with Crippen LogP contribution in [0.4, 0.5) is 10.5 Å². The number of carbonyl (C=O) groups is 1. The Morgan fingerprint density at radius 1 is 1.14 bits per heavy atom. The molecule has 1 unspecified atom stereocenters. The Hall–Kier alpha value is -2.40. The summed E-state index contributed by atoms with van der Waals surface area (Å²) in [5.41, 5.74) is 0.743. The van der Waals surface area contributed by atoms with Crippen LogP contribution in [0, 0.1) is 0 Å². The number of carbonyl (C=O) groups excluding carboxylic acids is 1. The summed E-state index contributed by atoms with van der Waals surface area (Å²) < 4.78 is 31.1. The highest BCUT2D eigenvalue weighted by atomic mass is 32.2. The second-order valence-corrected chi connectivity index (χ2v) is 9.93. The number of urea groups is 1. The van der Waals surface area contributed by atoms with Crippen LogP contribution in [-0.2, 0) is 17.1 Å². The van der Waals surface area contributed by atoms with E-state index in [0.29, 0.717) is 32.6 Å². The van der Waals surface area contributed by atoms with Gasteiger partial charge in [-0.05, 0) is 6.42 Å². The number of hydrogen-bond donors (Lipinski definition) is 0. The third kappa shape index (κ3) is 3.42. The summed E-state index contributed by atoms with van der Waals surface area (Å²) >= 11 is 0. The fraction of sp³-hybridized carbons (Fsp3) is 0.611. The molecule has 0 saturated carbocycles. The van der Waals surface area contributed by atoms with Crippen LogP contribution < -0.4 is 4.90 Å². The van der Waals surface area contributed by atoms with Crippen LogP contribution in [-0.4, -0.2) is 76.2 Å². The fourth-order valence-corrected chi connectivity index (χ4v) is 5.42. The molecule has 0 bridgehead atoms. The fourth-order valence-electron chi connectivity index (χ4n) is 3.94. The van der Waals surface area contributed by atoms with Crippen LogP contribution >= 0.6 is 0 Å². The number of likely N-dealkylation sites (N-methyl/N-ethyl adjacent to an activating group) is 1. The number of aromatic nitrogens is 4. The number of nitrogens with zero attached hydrogens (tertiary/aromatic N) is 7. The molecule has 0 radical (unpaired) electrons. The van der Waals surface area contributed by atoms with Crippen molar-refractivity contribution < 1.29 is 13.2 Å². The van der Waals surface area contributed by atoms with E-state index in [0.717, 1.165) is 11.5 Å². The Morgan fingerprint density at radius 2 is 1.90 bits per heavy atom. The average molecular weight is 422 g/mol. The summed E-state index contributed by atoms with van der Waals surface area (Å²) in [6, 6.07) is -0.112. The lowest BCUT2D eigenvalue weighted by atomic mass is 10.2. The number of sulfonamides is 1. The molecule has 2 aliphatic heterocycles. The van der Waals surface area contributed by atoms with Crippen molar-refractivity contribution in [2.75, 3.05) is 38.1 Å². The highest BCUT2D eigenvalue weighted by molar-refractivity contribution is 7.89. The van der Waals surface area contributed by atoms with E-state index in [2.05, 4.69) is 10.1 Å². The predicted octanol–water partition coefficient (Wildman–Crippen LogP) is 1.25. The van der Waals surface area contributed by atoms with Crippen molar-refractivity contribution >= 4 is 21.7 Å². The molecular weight excluding hydrogens is 394 g/mol. The molecule has 2 amide bonds. The molecule has 0 aromatic carbocycles. The first-order valence-electron chi connectivity index (χ1n) is 9.78. The van der Waals surface area contributed by atoms with Gasteiger partial charge >= 0.3 is 6.03 Å². The molecule has 29 heavy (non-hydrogen) atoms. The first-order chi connectivity index (χ1) is 13.7. The number of anilines is 1. The third-order valence-electron chi connectivity index (χ3n) is 5.63. The van der Waals surface area contributed by atoms with Gasteiger partial charge in [0.1, 0.15) is 5.82 Å². The van der Waals surface area contributed by atoms with Crippen molar-refractivity contribution in [1.82, 2.24) is 28.5 Å². The van der Waals surface area contributed by atoms with Crippen LogP contribution in [0.2, 0.25) is 0 Å². The van der Waals surface area contributed by atoms with Gasteiger partial charge in [0.15, 0.2) is 5.03 Å². The molecule has 4 rings (SSSR count). The molecule has 158 valence electrons. The minimum Gasteiger partial charge on any atom is -0.336 e. The van der Waals surface area contributed by atoms with E-state index in [1.807, 2.05) is 27.1 Å². The van der Waals surface area contributed by atoms with Crippen LogP contribution in [0.5, 0.6) is 0 Å². The van der Waals surface area contributed by atoms with Crippen LogP contribution in [0.15, 0.2) is 23.6 Å². The Labute approximate surface area is 170 Å². The lowest BCUT2D eigenvalue weighted by molar-refractivity contribution is 0.229. The number of amides is 2. The summed E-state index contributed by atoms with van der Waals surface area (Å²) in [7, 11) is -0.0621. The second kappa shape index (κ2) is 7.13. The van der Waals surface area contributed by atoms with Gasteiger partial charge in [0.25, 0.3) is 10.0 Å². The highest BCUT2D eigenvalue weighted by Gasteiger charge is 2.36. The van der Waals surface area contributed by atoms with Crippen molar-refractivity contribution in [2.45, 2.75) is 37.3 Å². The largest absolute Gasteiger partial charge is 0.336 e. The lowest BCUT2D eigenvalue weighted by Gasteiger charge is -2.15. The average Bonchev–Trinajstić information content (AvgIpc) is 3.42. The normalized spacial score (nSPS) is 21.1. The first kappa shape index (κ1) is 19.9. The zero-order chi connectivity index (χ0) is 20.9. The maximum absolute atomic E-state index is 13.1.